The van der Waals surface area contributed by atoms with Gasteiger partial charge >= 0.3 is 0 Å². The zero-order valence-corrected chi connectivity index (χ0v) is 19.3. The zero-order valence-electron chi connectivity index (χ0n) is 18.4. The molecule has 0 radical (unpaired) electrons. The average Bonchev–Trinajstić information content (AvgIpc) is 3.26. The Kier molecular flexibility index (Phi) is 6.01. The van der Waals surface area contributed by atoms with Crippen molar-refractivity contribution in [2.24, 2.45) is 0 Å². The molecule has 170 valence electrons. The first-order valence-electron chi connectivity index (χ1n) is 11.1. The number of hydrogen-bond acceptors (Lipinski definition) is 3. The van der Waals surface area contributed by atoms with Crippen LogP contribution in [0.25, 0.3) is 11.1 Å². The first kappa shape index (κ1) is 22.1. The van der Waals surface area contributed by atoms with Gasteiger partial charge in [-0.05, 0) is 65.4 Å². The number of hydrogen-bond donors (Lipinski definition) is 2. The van der Waals surface area contributed by atoms with Gasteiger partial charge in [0.2, 0.25) is 10.0 Å². The summed E-state index contributed by atoms with van der Waals surface area (Å²) >= 11 is 0. The highest BCUT2D eigenvalue weighted by Gasteiger charge is 2.27. The van der Waals surface area contributed by atoms with E-state index in [-0.39, 0.29) is 16.8 Å². The smallest absolute Gasteiger partial charge is 0.256 e. The number of nitrogens with one attached hydrogen (secondary N) is 2. The van der Waals surface area contributed by atoms with E-state index in [0.29, 0.717) is 24.1 Å². The Morgan fingerprint density at radius 2 is 1.38 bits per heavy atom. The fourth-order valence-corrected chi connectivity index (χ4v) is 5.67. The molecule has 0 saturated carbocycles. The molecule has 34 heavy (non-hydrogen) atoms. The molecule has 1 atom stereocenters. The topological polar surface area (TPSA) is 75.3 Å². The van der Waals surface area contributed by atoms with Crippen LogP contribution in [-0.2, 0) is 22.9 Å². The lowest BCUT2D eigenvalue weighted by Crippen LogP contribution is -2.35. The molecule has 0 bridgehead atoms. The van der Waals surface area contributed by atoms with Crippen molar-refractivity contribution in [2.75, 3.05) is 5.32 Å². The molecule has 4 aromatic carbocycles. The standard InChI is InChI=1S/C28H24N2O3S/c31-28(27-14-8-7-13-26(27)20-9-3-1-4-10-20)29-23-16-15-21-17-24(19-22(21)18-23)30-34(32,33)25-11-5-2-6-12-25/h1-16,18,24,30H,17,19H2,(H,29,31). The van der Waals surface area contributed by atoms with Crippen molar-refractivity contribution in [3.8, 4) is 11.1 Å². The summed E-state index contributed by atoms with van der Waals surface area (Å²) in [5, 5.41) is 3.01. The van der Waals surface area contributed by atoms with E-state index >= 15 is 0 Å². The van der Waals surface area contributed by atoms with Crippen LogP contribution in [0.15, 0.2) is 108 Å². The third-order valence-corrected chi connectivity index (χ3v) is 7.56. The molecular weight excluding hydrogens is 444 g/mol. The van der Waals surface area contributed by atoms with Gasteiger partial charge in [-0.15, -0.1) is 0 Å². The molecule has 6 heteroatoms. The minimum Gasteiger partial charge on any atom is -0.322 e. The summed E-state index contributed by atoms with van der Waals surface area (Å²) in [6.45, 7) is 0. The third kappa shape index (κ3) is 4.64. The molecule has 1 aliphatic carbocycles. The second kappa shape index (κ2) is 9.25. The quantitative estimate of drug-likeness (QED) is 0.416. The molecule has 0 spiro atoms. The third-order valence-electron chi connectivity index (χ3n) is 6.03. The summed E-state index contributed by atoms with van der Waals surface area (Å²) < 4.78 is 28.2. The SMILES string of the molecule is O=C(Nc1ccc2c(c1)CC(NS(=O)(=O)c1ccccc1)C2)c1ccccc1-c1ccccc1. The van der Waals surface area contributed by atoms with E-state index < -0.39 is 10.0 Å². The van der Waals surface area contributed by atoms with Crippen molar-refractivity contribution in [3.63, 3.8) is 0 Å². The van der Waals surface area contributed by atoms with E-state index in [1.54, 1.807) is 30.3 Å². The normalized spacial score (nSPS) is 15.0. The Hall–Kier alpha value is -3.74. The van der Waals surface area contributed by atoms with Gasteiger partial charge in [0, 0.05) is 17.3 Å². The van der Waals surface area contributed by atoms with Crippen molar-refractivity contribution in [3.05, 3.63) is 120 Å². The van der Waals surface area contributed by atoms with Crippen molar-refractivity contribution in [1.29, 1.82) is 0 Å². The molecular formula is C28H24N2O3S. The highest BCUT2D eigenvalue weighted by atomic mass is 32.2. The van der Waals surface area contributed by atoms with Crippen LogP contribution in [0.5, 0.6) is 0 Å². The highest BCUT2D eigenvalue weighted by molar-refractivity contribution is 7.89. The monoisotopic (exact) mass is 468 g/mol. The number of sulfonamides is 1. The molecule has 0 fully saturated rings. The van der Waals surface area contributed by atoms with Crippen LogP contribution in [-0.4, -0.2) is 20.4 Å². The molecule has 1 aliphatic rings. The molecule has 4 aromatic rings. The molecule has 5 rings (SSSR count). The summed E-state index contributed by atoms with van der Waals surface area (Å²) in [6.07, 6.45) is 1.19. The van der Waals surface area contributed by atoms with Crippen molar-refractivity contribution in [1.82, 2.24) is 4.72 Å². The summed E-state index contributed by atoms with van der Waals surface area (Å²) in [6, 6.07) is 31.3. The van der Waals surface area contributed by atoms with Gasteiger partial charge in [0.15, 0.2) is 0 Å². The van der Waals surface area contributed by atoms with Crippen molar-refractivity contribution >= 4 is 21.6 Å². The molecule has 1 unspecified atom stereocenters. The molecule has 1 amide bonds. The van der Waals surface area contributed by atoms with Gasteiger partial charge in [-0.3, -0.25) is 4.79 Å². The zero-order chi connectivity index (χ0) is 23.5. The Morgan fingerprint density at radius 3 is 2.15 bits per heavy atom. The highest BCUT2D eigenvalue weighted by Crippen LogP contribution is 2.28. The van der Waals surface area contributed by atoms with Gasteiger partial charge in [-0.2, -0.15) is 0 Å². The van der Waals surface area contributed by atoms with Gasteiger partial charge in [0.25, 0.3) is 5.91 Å². The molecule has 0 heterocycles. The largest absolute Gasteiger partial charge is 0.322 e. The Labute approximate surface area is 199 Å². The van der Waals surface area contributed by atoms with Crippen molar-refractivity contribution in [2.45, 2.75) is 23.8 Å². The Balaban J connectivity index is 1.31. The van der Waals surface area contributed by atoms with Crippen LogP contribution >= 0.6 is 0 Å². The van der Waals surface area contributed by atoms with Gasteiger partial charge in [-0.25, -0.2) is 13.1 Å². The molecule has 2 N–H and O–H groups in total. The summed E-state index contributed by atoms with van der Waals surface area (Å²) in [4.78, 5) is 13.4. The summed E-state index contributed by atoms with van der Waals surface area (Å²) in [7, 11) is -3.58. The van der Waals surface area contributed by atoms with Crippen LogP contribution in [0.3, 0.4) is 0 Å². The molecule has 0 saturated heterocycles. The Morgan fingerprint density at radius 1 is 0.735 bits per heavy atom. The van der Waals surface area contributed by atoms with Gasteiger partial charge in [0.1, 0.15) is 0 Å². The first-order chi connectivity index (χ1) is 16.5. The predicted molar refractivity (Wildman–Crippen MR) is 134 cm³/mol. The number of rotatable bonds is 6. The number of carbonyl (C=O) groups excluding carboxylic acids is 1. The van der Waals surface area contributed by atoms with Gasteiger partial charge in [0.05, 0.1) is 4.90 Å². The maximum Gasteiger partial charge on any atom is 0.256 e. The Bertz CT molecular complexity index is 1440. The van der Waals surface area contributed by atoms with E-state index in [2.05, 4.69) is 10.0 Å². The molecule has 5 nitrogen and oxygen atoms in total. The number of benzene rings is 4. The fraction of sp³-hybridized carbons (Fsp3) is 0.107. The van der Waals surface area contributed by atoms with Gasteiger partial charge < -0.3 is 5.32 Å². The first-order valence-corrected chi connectivity index (χ1v) is 12.6. The summed E-state index contributed by atoms with van der Waals surface area (Å²) in [5.41, 5.74) is 5.27. The predicted octanol–water partition coefficient (Wildman–Crippen LogP) is 5.05. The number of fused-ring (bicyclic) bond motifs is 1. The van der Waals surface area contributed by atoms with E-state index in [0.717, 1.165) is 22.3 Å². The van der Waals surface area contributed by atoms with Crippen LogP contribution in [0.1, 0.15) is 21.5 Å². The lowest BCUT2D eigenvalue weighted by atomic mass is 9.99. The maximum atomic E-state index is 13.1. The maximum absolute atomic E-state index is 13.1. The number of amides is 1. The molecule has 0 aliphatic heterocycles. The van der Waals surface area contributed by atoms with E-state index in [9.17, 15) is 13.2 Å². The lowest BCUT2D eigenvalue weighted by Gasteiger charge is -2.12. The van der Waals surface area contributed by atoms with Crippen LogP contribution in [0, 0.1) is 0 Å². The van der Waals surface area contributed by atoms with Gasteiger partial charge in [-0.1, -0.05) is 72.8 Å². The van der Waals surface area contributed by atoms with Crippen molar-refractivity contribution < 1.29 is 13.2 Å². The van der Waals surface area contributed by atoms with Crippen LogP contribution in [0.2, 0.25) is 0 Å². The van der Waals surface area contributed by atoms with Crippen LogP contribution < -0.4 is 10.0 Å². The minimum atomic E-state index is -3.58. The number of carbonyl (C=O) groups is 1. The van der Waals surface area contributed by atoms with E-state index in [4.69, 9.17) is 0 Å². The lowest BCUT2D eigenvalue weighted by molar-refractivity contribution is 0.102. The molecule has 0 aromatic heterocycles. The fourth-order valence-electron chi connectivity index (χ4n) is 4.42. The average molecular weight is 469 g/mol. The second-order valence-electron chi connectivity index (χ2n) is 8.39. The minimum absolute atomic E-state index is 0.182. The number of anilines is 1. The summed E-state index contributed by atoms with van der Waals surface area (Å²) in [5.74, 6) is -0.182. The van der Waals surface area contributed by atoms with E-state index in [1.807, 2.05) is 72.8 Å². The van der Waals surface area contributed by atoms with E-state index in [1.165, 1.54) is 0 Å². The van der Waals surface area contributed by atoms with Crippen LogP contribution in [0.4, 0.5) is 5.69 Å². The second-order valence-corrected chi connectivity index (χ2v) is 10.1.